The van der Waals surface area contributed by atoms with E-state index in [-0.39, 0.29) is 31.1 Å². The van der Waals surface area contributed by atoms with E-state index in [0.29, 0.717) is 19.3 Å². The van der Waals surface area contributed by atoms with Gasteiger partial charge in [0, 0.05) is 19.3 Å². The minimum absolute atomic E-state index is 0.0680. The average Bonchev–Trinajstić information content (AvgIpc) is 3.44. The Balaban J connectivity index is 4.28. The Morgan fingerprint density at radius 1 is 0.256 bits per heavy atom. The maximum absolute atomic E-state index is 12.9. The molecule has 1 unspecified atom stereocenters. The molecule has 0 spiro atoms. The van der Waals surface area contributed by atoms with E-state index in [1.807, 2.05) is 0 Å². The van der Waals surface area contributed by atoms with Crippen molar-refractivity contribution in [2.45, 2.75) is 406 Å². The van der Waals surface area contributed by atoms with E-state index >= 15 is 0 Å². The maximum Gasteiger partial charge on any atom is 0.306 e. The zero-order chi connectivity index (χ0) is 56.4. The highest BCUT2D eigenvalue weighted by molar-refractivity contribution is 5.71. The molecule has 0 aliphatic carbocycles. The molecule has 6 heteroatoms. The molecule has 0 amide bonds. The molecule has 0 radical (unpaired) electrons. The summed E-state index contributed by atoms with van der Waals surface area (Å²) in [6, 6.07) is 0. The summed E-state index contributed by atoms with van der Waals surface area (Å²) in [5, 5.41) is 0. The number of unbranched alkanes of at least 4 members (excludes halogenated alkanes) is 51. The zero-order valence-electron chi connectivity index (χ0n) is 53.0. The molecule has 0 N–H and O–H groups in total. The fraction of sp³-hybridized carbons (Fsp3) is 0.903. The molecule has 0 aromatic carbocycles. The standard InChI is InChI=1S/C72H136O6/c1-4-7-10-13-16-19-22-25-28-31-34-35-36-37-38-39-42-44-47-50-53-56-59-62-65-71(74)77-68-69(78-72(75)66-63-60-57-54-51-48-45-41-33-30-27-24-21-18-15-12-9-6-3)67-76-70(73)64-61-58-55-52-49-46-43-40-32-29-26-23-20-17-14-11-8-5-2/h21,24,30,33,69H,4-20,22-23,25-29,31-32,34-68H2,1-3H3/b24-21-,33-30-. The van der Waals surface area contributed by atoms with Crippen LogP contribution < -0.4 is 0 Å². The fourth-order valence-corrected chi connectivity index (χ4v) is 10.9. The summed E-state index contributed by atoms with van der Waals surface area (Å²) in [5.41, 5.74) is 0. The highest BCUT2D eigenvalue weighted by atomic mass is 16.6. The van der Waals surface area contributed by atoms with E-state index in [2.05, 4.69) is 45.1 Å². The van der Waals surface area contributed by atoms with Gasteiger partial charge in [-0.25, -0.2) is 0 Å². The van der Waals surface area contributed by atoms with Gasteiger partial charge in [0.25, 0.3) is 0 Å². The van der Waals surface area contributed by atoms with Gasteiger partial charge >= 0.3 is 17.9 Å². The van der Waals surface area contributed by atoms with Crippen molar-refractivity contribution in [2.75, 3.05) is 13.2 Å². The number of allylic oxidation sites excluding steroid dienone is 4. The molecule has 6 nitrogen and oxygen atoms in total. The summed E-state index contributed by atoms with van der Waals surface area (Å²) in [7, 11) is 0. The van der Waals surface area contributed by atoms with Crippen LogP contribution in [0.2, 0.25) is 0 Å². The second kappa shape index (κ2) is 67.4. The molecule has 0 aliphatic rings. The predicted molar refractivity (Wildman–Crippen MR) is 340 cm³/mol. The molecule has 0 aromatic rings. The summed E-state index contributed by atoms with van der Waals surface area (Å²) < 4.78 is 17.0. The normalized spacial score (nSPS) is 12.1. The Morgan fingerprint density at radius 3 is 0.718 bits per heavy atom. The van der Waals surface area contributed by atoms with Gasteiger partial charge in [0.2, 0.25) is 0 Å². The Hall–Kier alpha value is -2.11. The first-order chi connectivity index (χ1) is 38.5. The molecule has 1 atom stereocenters. The van der Waals surface area contributed by atoms with Gasteiger partial charge in [-0.3, -0.25) is 14.4 Å². The first-order valence-electron chi connectivity index (χ1n) is 35.3. The lowest BCUT2D eigenvalue weighted by Crippen LogP contribution is -2.30. The lowest BCUT2D eigenvalue weighted by molar-refractivity contribution is -0.167. The van der Waals surface area contributed by atoms with Crippen molar-refractivity contribution in [3.05, 3.63) is 24.3 Å². The number of hydrogen-bond donors (Lipinski definition) is 0. The van der Waals surface area contributed by atoms with E-state index in [0.717, 1.165) is 70.6 Å². The first kappa shape index (κ1) is 75.9. The molecule has 78 heavy (non-hydrogen) atoms. The van der Waals surface area contributed by atoms with Crippen molar-refractivity contribution >= 4 is 17.9 Å². The van der Waals surface area contributed by atoms with Crippen LogP contribution in [-0.2, 0) is 28.6 Å². The first-order valence-corrected chi connectivity index (χ1v) is 35.3. The highest BCUT2D eigenvalue weighted by Crippen LogP contribution is 2.19. The number of hydrogen-bond acceptors (Lipinski definition) is 6. The van der Waals surface area contributed by atoms with Gasteiger partial charge in [-0.05, 0) is 51.4 Å². The topological polar surface area (TPSA) is 78.9 Å². The zero-order valence-corrected chi connectivity index (χ0v) is 53.0. The molecular weight excluding hydrogens is 961 g/mol. The van der Waals surface area contributed by atoms with Gasteiger partial charge in [0.05, 0.1) is 0 Å². The van der Waals surface area contributed by atoms with E-state index in [4.69, 9.17) is 14.2 Å². The molecular formula is C72H136O6. The SMILES string of the molecule is CCCCCC/C=C\C/C=C\CCCCCCCCCC(=O)OC(COC(=O)CCCCCCCCCCCCCCCCCCCC)COC(=O)CCCCCCCCCCCCCCCCCCCCCCCCCC. The van der Waals surface area contributed by atoms with Gasteiger partial charge in [-0.2, -0.15) is 0 Å². The van der Waals surface area contributed by atoms with Crippen LogP contribution in [0.3, 0.4) is 0 Å². The van der Waals surface area contributed by atoms with Crippen LogP contribution in [0, 0.1) is 0 Å². The van der Waals surface area contributed by atoms with E-state index in [9.17, 15) is 14.4 Å². The number of rotatable bonds is 66. The second-order valence-electron chi connectivity index (χ2n) is 24.2. The summed E-state index contributed by atoms with van der Waals surface area (Å²) in [5.74, 6) is -0.842. The fourth-order valence-electron chi connectivity index (χ4n) is 10.9. The molecule has 460 valence electrons. The average molecular weight is 1100 g/mol. The molecule has 0 saturated heterocycles. The van der Waals surface area contributed by atoms with E-state index in [1.165, 1.54) is 289 Å². The number of carbonyl (C=O) groups excluding carboxylic acids is 3. The van der Waals surface area contributed by atoms with Gasteiger partial charge < -0.3 is 14.2 Å². The van der Waals surface area contributed by atoms with Crippen molar-refractivity contribution in [3.8, 4) is 0 Å². The summed E-state index contributed by atoms with van der Waals surface area (Å²) in [6.07, 6.45) is 82.0. The summed E-state index contributed by atoms with van der Waals surface area (Å²) in [4.78, 5) is 38.5. The Morgan fingerprint density at radius 2 is 0.462 bits per heavy atom. The molecule has 0 saturated carbocycles. The smallest absolute Gasteiger partial charge is 0.306 e. The quantitative estimate of drug-likeness (QED) is 0.0261. The van der Waals surface area contributed by atoms with E-state index in [1.54, 1.807) is 0 Å². The molecule has 0 rings (SSSR count). The van der Waals surface area contributed by atoms with Gasteiger partial charge in [0.1, 0.15) is 13.2 Å². The lowest BCUT2D eigenvalue weighted by atomic mass is 10.0. The van der Waals surface area contributed by atoms with Crippen LogP contribution in [-0.4, -0.2) is 37.2 Å². The largest absolute Gasteiger partial charge is 0.462 e. The number of carbonyl (C=O) groups is 3. The Bertz CT molecular complexity index is 1260. The highest BCUT2D eigenvalue weighted by Gasteiger charge is 2.19. The third kappa shape index (κ3) is 64.7. The Labute approximate surface area is 487 Å². The molecule has 0 bridgehead atoms. The van der Waals surface area contributed by atoms with Gasteiger partial charge in [-0.15, -0.1) is 0 Å². The van der Waals surface area contributed by atoms with Gasteiger partial charge in [0.15, 0.2) is 6.10 Å². The van der Waals surface area contributed by atoms with E-state index < -0.39 is 6.10 Å². The van der Waals surface area contributed by atoms with Gasteiger partial charge in [-0.1, -0.05) is 353 Å². The Kier molecular flexibility index (Phi) is 65.6. The van der Waals surface area contributed by atoms with Crippen LogP contribution in [0.15, 0.2) is 24.3 Å². The molecule has 0 fully saturated rings. The van der Waals surface area contributed by atoms with Crippen LogP contribution in [0.5, 0.6) is 0 Å². The number of ether oxygens (including phenoxy) is 3. The lowest BCUT2D eigenvalue weighted by Gasteiger charge is -2.18. The van der Waals surface area contributed by atoms with Crippen molar-refractivity contribution in [2.24, 2.45) is 0 Å². The van der Waals surface area contributed by atoms with Crippen molar-refractivity contribution in [3.63, 3.8) is 0 Å². The van der Waals surface area contributed by atoms with Crippen molar-refractivity contribution in [1.29, 1.82) is 0 Å². The van der Waals surface area contributed by atoms with Crippen LogP contribution in [0.4, 0.5) is 0 Å². The van der Waals surface area contributed by atoms with Crippen molar-refractivity contribution in [1.82, 2.24) is 0 Å². The second-order valence-corrected chi connectivity index (χ2v) is 24.2. The van der Waals surface area contributed by atoms with Crippen LogP contribution in [0.25, 0.3) is 0 Å². The molecule has 0 aromatic heterocycles. The third-order valence-corrected chi connectivity index (χ3v) is 16.2. The minimum Gasteiger partial charge on any atom is -0.462 e. The summed E-state index contributed by atoms with van der Waals surface area (Å²) in [6.45, 7) is 6.71. The summed E-state index contributed by atoms with van der Waals surface area (Å²) >= 11 is 0. The predicted octanol–water partition coefficient (Wildman–Crippen LogP) is 24.2. The van der Waals surface area contributed by atoms with Crippen LogP contribution >= 0.6 is 0 Å². The minimum atomic E-state index is -0.773. The monoisotopic (exact) mass is 1100 g/mol. The van der Waals surface area contributed by atoms with Crippen LogP contribution in [0.1, 0.15) is 400 Å². The maximum atomic E-state index is 12.9. The van der Waals surface area contributed by atoms with Crippen molar-refractivity contribution < 1.29 is 28.6 Å². The number of esters is 3. The third-order valence-electron chi connectivity index (χ3n) is 16.2. The molecule has 0 aliphatic heterocycles. The molecule has 0 heterocycles.